The quantitative estimate of drug-likeness (QED) is 0.655. The molecule has 120 valence electrons. The molecule has 23 heavy (non-hydrogen) atoms. The van der Waals surface area contributed by atoms with Crippen molar-refractivity contribution in [2.24, 2.45) is 5.16 Å². The van der Waals surface area contributed by atoms with Crippen LogP contribution in [0, 0.1) is 0 Å². The molecule has 6 heteroatoms. The van der Waals surface area contributed by atoms with Crippen LogP contribution in [0.3, 0.4) is 0 Å². The first kappa shape index (κ1) is 15.1. The third kappa shape index (κ3) is 3.53. The number of pyridine rings is 1. The molecule has 0 spiro atoms. The Labute approximate surface area is 134 Å². The van der Waals surface area contributed by atoms with Crippen LogP contribution >= 0.6 is 0 Å². The highest BCUT2D eigenvalue weighted by molar-refractivity contribution is 6.04. The van der Waals surface area contributed by atoms with E-state index in [0.29, 0.717) is 0 Å². The fraction of sp³-hybridized carbons (Fsp3) is 0.294. The lowest BCUT2D eigenvalue weighted by Crippen LogP contribution is -2.06. The third-order valence-corrected chi connectivity index (χ3v) is 3.59. The monoisotopic (exact) mass is 314 g/mol. The van der Waals surface area contributed by atoms with Gasteiger partial charge >= 0.3 is 0 Å². The van der Waals surface area contributed by atoms with E-state index in [1.54, 1.807) is 19.4 Å². The molecule has 0 fully saturated rings. The molecule has 0 aliphatic heterocycles. The van der Waals surface area contributed by atoms with Gasteiger partial charge in [-0.2, -0.15) is 0 Å². The summed E-state index contributed by atoms with van der Waals surface area (Å²) in [6.07, 6.45) is 3.34. The second kappa shape index (κ2) is 7.00. The predicted molar refractivity (Wildman–Crippen MR) is 85.2 cm³/mol. The average molecular weight is 314 g/mol. The van der Waals surface area contributed by atoms with E-state index in [-0.39, 0.29) is 24.8 Å². The molecule has 2 aromatic rings. The van der Waals surface area contributed by atoms with Gasteiger partial charge in [0.1, 0.15) is 12.4 Å². The van der Waals surface area contributed by atoms with Crippen LogP contribution in [-0.2, 0) is 11.3 Å². The van der Waals surface area contributed by atoms with Crippen LogP contribution < -0.4 is 9.47 Å². The van der Waals surface area contributed by atoms with Crippen LogP contribution in [0.4, 0.5) is 0 Å². The molecule has 0 amide bonds. The van der Waals surface area contributed by atoms with Crippen LogP contribution in [0.2, 0.25) is 0 Å². The maximum absolute atomic E-state index is 9.53. The lowest BCUT2D eigenvalue weighted by atomic mass is 10.1. The molecule has 1 aromatic carbocycles. The van der Waals surface area contributed by atoms with E-state index in [0.717, 1.165) is 29.9 Å². The number of rotatable bonds is 6. The second-order valence-corrected chi connectivity index (χ2v) is 5.07. The first-order valence-electron chi connectivity index (χ1n) is 7.41. The van der Waals surface area contributed by atoms with E-state index in [1.807, 2.05) is 18.2 Å². The number of fused-ring (bicyclic) bond motifs is 1. The highest BCUT2D eigenvalue weighted by Gasteiger charge is 2.18. The van der Waals surface area contributed by atoms with Crippen LogP contribution in [0.25, 0.3) is 0 Å². The van der Waals surface area contributed by atoms with Gasteiger partial charge in [-0.05, 0) is 48.7 Å². The summed E-state index contributed by atoms with van der Waals surface area (Å²) < 4.78 is 10.6. The van der Waals surface area contributed by atoms with Crippen molar-refractivity contribution in [1.82, 2.24) is 4.98 Å². The topological polar surface area (TPSA) is 73.2 Å². The number of aromatic nitrogens is 1. The van der Waals surface area contributed by atoms with Crippen molar-refractivity contribution < 1.29 is 19.4 Å². The molecule has 6 nitrogen and oxygen atoms in total. The van der Waals surface area contributed by atoms with Crippen molar-refractivity contribution in [1.29, 1.82) is 0 Å². The smallest absolute Gasteiger partial charge is 0.256 e. The Kier molecular flexibility index (Phi) is 4.61. The lowest BCUT2D eigenvalue weighted by Gasteiger charge is -2.06. The van der Waals surface area contributed by atoms with Gasteiger partial charge in [0.25, 0.3) is 5.88 Å². The summed E-state index contributed by atoms with van der Waals surface area (Å²) in [7, 11) is 1.66. The zero-order valence-electron chi connectivity index (χ0n) is 12.9. The Morgan fingerprint density at radius 1 is 1.22 bits per heavy atom. The Morgan fingerprint density at radius 2 is 2.13 bits per heavy atom. The maximum atomic E-state index is 9.53. The number of hydrogen-bond donors (Lipinski definition) is 1. The highest BCUT2D eigenvalue weighted by atomic mass is 16.6. The molecular weight excluding hydrogens is 296 g/mol. The van der Waals surface area contributed by atoms with Crippen LogP contribution in [0.1, 0.15) is 17.5 Å². The first-order valence-corrected chi connectivity index (χ1v) is 7.41. The number of ether oxygens (including phenoxy) is 2. The number of aryl methyl sites for hydroxylation is 1. The van der Waals surface area contributed by atoms with E-state index < -0.39 is 0 Å². The van der Waals surface area contributed by atoms with Crippen LogP contribution in [-0.4, -0.2) is 36.1 Å². The van der Waals surface area contributed by atoms with Crippen molar-refractivity contribution in [3.05, 3.63) is 47.7 Å². The van der Waals surface area contributed by atoms with Gasteiger partial charge in [-0.1, -0.05) is 5.16 Å². The number of methoxy groups -OCH3 is 1. The average Bonchev–Trinajstić information content (AvgIpc) is 2.98. The normalized spacial score (nSPS) is 14.6. The third-order valence-electron chi connectivity index (χ3n) is 3.59. The summed E-state index contributed by atoms with van der Waals surface area (Å²) in [6, 6.07) is 9.12. The largest absolute Gasteiger partial charge is 0.503 e. The summed E-state index contributed by atoms with van der Waals surface area (Å²) in [5.74, 6) is 1.06. The van der Waals surface area contributed by atoms with Crippen molar-refractivity contribution in [2.75, 3.05) is 20.3 Å². The molecular formula is C17H18N2O4. The van der Waals surface area contributed by atoms with Crippen molar-refractivity contribution in [3.8, 4) is 17.4 Å². The van der Waals surface area contributed by atoms with E-state index in [9.17, 15) is 5.11 Å². The van der Waals surface area contributed by atoms with Gasteiger partial charge in [0.2, 0.25) is 0 Å². The van der Waals surface area contributed by atoms with Crippen LogP contribution in [0.15, 0.2) is 41.7 Å². The predicted octanol–water partition coefficient (Wildman–Crippen LogP) is 2.54. The number of benzene rings is 1. The SMILES string of the molecule is COc1ccc2c(c1)CC/C2=N/OCCOc1ncccc1O. The minimum absolute atomic E-state index is 0.0116. The number of aromatic hydroxyl groups is 1. The fourth-order valence-corrected chi connectivity index (χ4v) is 2.46. The Morgan fingerprint density at radius 3 is 2.96 bits per heavy atom. The first-order chi connectivity index (χ1) is 11.3. The number of hydrogen-bond acceptors (Lipinski definition) is 6. The summed E-state index contributed by atoms with van der Waals surface area (Å²) in [5.41, 5.74) is 3.26. The molecule has 0 bridgehead atoms. The number of oxime groups is 1. The van der Waals surface area contributed by atoms with Gasteiger partial charge in [-0.25, -0.2) is 4.98 Å². The molecule has 0 unspecified atom stereocenters. The van der Waals surface area contributed by atoms with Gasteiger partial charge in [-0.3, -0.25) is 0 Å². The molecule has 1 aliphatic carbocycles. The second-order valence-electron chi connectivity index (χ2n) is 5.07. The molecule has 0 atom stereocenters. The van der Waals surface area contributed by atoms with Crippen molar-refractivity contribution in [3.63, 3.8) is 0 Å². The summed E-state index contributed by atoms with van der Waals surface area (Å²) >= 11 is 0. The molecule has 0 saturated carbocycles. The van der Waals surface area contributed by atoms with Gasteiger partial charge in [0.05, 0.1) is 12.8 Å². The minimum atomic E-state index is 0.0116. The molecule has 0 radical (unpaired) electrons. The Hall–Kier alpha value is -2.76. The molecule has 1 aromatic heterocycles. The van der Waals surface area contributed by atoms with Crippen molar-refractivity contribution in [2.45, 2.75) is 12.8 Å². The van der Waals surface area contributed by atoms with E-state index in [4.69, 9.17) is 14.3 Å². The molecule has 3 rings (SSSR count). The van der Waals surface area contributed by atoms with E-state index >= 15 is 0 Å². The maximum Gasteiger partial charge on any atom is 0.256 e. The Balaban J connectivity index is 1.52. The minimum Gasteiger partial charge on any atom is -0.503 e. The van der Waals surface area contributed by atoms with Gasteiger partial charge < -0.3 is 19.4 Å². The molecule has 1 heterocycles. The molecule has 0 saturated heterocycles. The summed E-state index contributed by atoms with van der Waals surface area (Å²) in [5, 5.41) is 13.7. The highest BCUT2D eigenvalue weighted by Crippen LogP contribution is 2.26. The lowest BCUT2D eigenvalue weighted by molar-refractivity contribution is 0.104. The van der Waals surface area contributed by atoms with Crippen LogP contribution in [0.5, 0.6) is 17.4 Å². The standard InChI is InChI=1S/C17H18N2O4/c1-21-13-5-6-14-12(11-13)4-7-15(14)19-23-10-9-22-17-16(20)3-2-8-18-17/h2-3,5-6,8,11,20H,4,7,9-10H2,1H3/b19-15-. The number of nitrogens with zero attached hydrogens (tertiary/aromatic N) is 2. The van der Waals surface area contributed by atoms with Gasteiger partial charge in [0, 0.05) is 11.8 Å². The summed E-state index contributed by atoms with van der Waals surface area (Å²) in [4.78, 5) is 9.24. The summed E-state index contributed by atoms with van der Waals surface area (Å²) in [6.45, 7) is 0.543. The fourth-order valence-electron chi connectivity index (χ4n) is 2.46. The van der Waals surface area contributed by atoms with Gasteiger partial charge in [0.15, 0.2) is 12.4 Å². The van der Waals surface area contributed by atoms with Gasteiger partial charge in [-0.15, -0.1) is 0 Å². The van der Waals surface area contributed by atoms with Crippen molar-refractivity contribution >= 4 is 5.71 Å². The zero-order valence-corrected chi connectivity index (χ0v) is 12.9. The van der Waals surface area contributed by atoms with E-state index in [1.165, 1.54) is 11.6 Å². The zero-order chi connectivity index (χ0) is 16.1. The molecule has 1 aliphatic rings. The Bertz CT molecular complexity index is 715. The molecule has 1 N–H and O–H groups in total. The van der Waals surface area contributed by atoms with E-state index in [2.05, 4.69) is 10.1 Å².